The number of benzene rings is 1. The molecule has 0 unspecified atom stereocenters. The number of methoxy groups -OCH3 is 1. The minimum Gasteiger partial charge on any atom is -0.497 e. The highest BCUT2D eigenvalue weighted by Crippen LogP contribution is 2.25. The molecular weight excluding hydrogens is 378 g/mol. The van der Waals surface area contributed by atoms with E-state index in [1.165, 1.54) is 11.8 Å². The molecule has 1 N–H and O–H groups in total. The number of rotatable bonds is 8. The summed E-state index contributed by atoms with van der Waals surface area (Å²) in [6, 6.07) is 11.2. The number of amides is 1. The molecule has 0 bridgehead atoms. The van der Waals surface area contributed by atoms with Crippen LogP contribution in [0.4, 0.5) is 0 Å². The largest absolute Gasteiger partial charge is 0.497 e. The van der Waals surface area contributed by atoms with E-state index in [9.17, 15) is 4.79 Å². The number of hydrogen-bond acceptors (Lipinski definition) is 7. The van der Waals surface area contributed by atoms with Crippen LogP contribution in [-0.2, 0) is 11.3 Å². The summed E-state index contributed by atoms with van der Waals surface area (Å²) in [6.45, 7) is 4.46. The fraction of sp³-hybridized carbons (Fsp3) is 0.263. The number of hydrogen-bond donors (Lipinski definition) is 1. The molecule has 2 heterocycles. The van der Waals surface area contributed by atoms with Crippen molar-refractivity contribution in [2.24, 2.45) is 5.10 Å². The third-order valence-corrected chi connectivity index (χ3v) is 4.91. The van der Waals surface area contributed by atoms with Gasteiger partial charge in [0, 0.05) is 12.1 Å². The zero-order valence-electron chi connectivity index (χ0n) is 15.9. The van der Waals surface area contributed by atoms with E-state index in [0.717, 1.165) is 17.1 Å². The maximum absolute atomic E-state index is 12.1. The molecule has 0 aliphatic heterocycles. The smallest absolute Gasteiger partial charge is 0.250 e. The standard InChI is InChI=1S/C19H21N5O3S/c1-4-24-18(14-7-9-15(26-3)10-8-14)22-23-19(24)28-12-17(25)21-20-13(2)16-6-5-11-27-16/h5-11H,4,12H2,1-3H3,(H,21,25). The van der Waals surface area contributed by atoms with Crippen LogP contribution in [0.25, 0.3) is 11.4 Å². The normalized spacial score (nSPS) is 11.5. The highest BCUT2D eigenvalue weighted by molar-refractivity contribution is 7.99. The average molecular weight is 399 g/mol. The maximum Gasteiger partial charge on any atom is 0.250 e. The highest BCUT2D eigenvalue weighted by Gasteiger charge is 2.14. The Kier molecular flexibility index (Phi) is 6.49. The Morgan fingerprint density at radius 2 is 2.07 bits per heavy atom. The first-order valence-electron chi connectivity index (χ1n) is 8.69. The Morgan fingerprint density at radius 3 is 2.71 bits per heavy atom. The average Bonchev–Trinajstić information content (AvgIpc) is 3.40. The van der Waals surface area contributed by atoms with E-state index in [-0.39, 0.29) is 11.7 Å². The summed E-state index contributed by atoms with van der Waals surface area (Å²) >= 11 is 1.31. The zero-order valence-corrected chi connectivity index (χ0v) is 16.7. The van der Waals surface area contributed by atoms with E-state index < -0.39 is 0 Å². The first kappa shape index (κ1) is 19.7. The molecule has 1 aromatic carbocycles. The Balaban J connectivity index is 1.63. The molecule has 0 aliphatic rings. The molecule has 0 saturated carbocycles. The Labute approximate surface area is 167 Å². The molecule has 28 heavy (non-hydrogen) atoms. The molecule has 8 nitrogen and oxygen atoms in total. The lowest BCUT2D eigenvalue weighted by atomic mass is 10.2. The molecule has 146 valence electrons. The van der Waals surface area contributed by atoms with Crippen molar-refractivity contribution in [3.8, 4) is 17.1 Å². The van der Waals surface area contributed by atoms with Crippen LogP contribution in [0.15, 0.2) is 57.3 Å². The van der Waals surface area contributed by atoms with Gasteiger partial charge in [0.1, 0.15) is 17.2 Å². The number of aromatic nitrogens is 3. The summed E-state index contributed by atoms with van der Waals surface area (Å²) in [6.07, 6.45) is 1.56. The Hall–Kier alpha value is -3.07. The van der Waals surface area contributed by atoms with Gasteiger partial charge in [0.05, 0.1) is 19.1 Å². The lowest BCUT2D eigenvalue weighted by Gasteiger charge is -2.07. The van der Waals surface area contributed by atoms with Crippen molar-refractivity contribution in [2.45, 2.75) is 25.5 Å². The van der Waals surface area contributed by atoms with Gasteiger partial charge in [0.2, 0.25) is 0 Å². The van der Waals surface area contributed by atoms with E-state index in [2.05, 4.69) is 20.7 Å². The van der Waals surface area contributed by atoms with Gasteiger partial charge >= 0.3 is 0 Å². The molecule has 0 radical (unpaired) electrons. The van der Waals surface area contributed by atoms with Crippen molar-refractivity contribution in [1.29, 1.82) is 0 Å². The lowest BCUT2D eigenvalue weighted by Crippen LogP contribution is -2.21. The van der Waals surface area contributed by atoms with Crippen molar-refractivity contribution >= 4 is 23.4 Å². The number of nitrogens with zero attached hydrogens (tertiary/aromatic N) is 4. The SMILES string of the molecule is CCn1c(SCC(=O)NN=C(C)c2ccco2)nnc1-c1ccc(OC)cc1. The summed E-state index contributed by atoms with van der Waals surface area (Å²) in [7, 11) is 1.63. The third-order valence-electron chi connectivity index (χ3n) is 3.94. The fourth-order valence-electron chi connectivity index (χ4n) is 2.48. The molecule has 0 spiro atoms. The van der Waals surface area contributed by atoms with Crippen molar-refractivity contribution in [1.82, 2.24) is 20.2 Å². The molecule has 0 atom stereocenters. The fourth-order valence-corrected chi connectivity index (χ4v) is 3.28. The Bertz CT molecular complexity index is 949. The van der Waals surface area contributed by atoms with Gasteiger partial charge in [-0.2, -0.15) is 5.10 Å². The van der Waals surface area contributed by atoms with Gasteiger partial charge in [0.25, 0.3) is 5.91 Å². The van der Waals surface area contributed by atoms with Gasteiger partial charge in [-0.25, -0.2) is 5.43 Å². The van der Waals surface area contributed by atoms with Gasteiger partial charge in [-0.05, 0) is 50.2 Å². The van der Waals surface area contributed by atoms with Gasteiger partial charge in [0.15, 0.2) is 11.0 Å². The summed E-state index contributed by atoms with van der Waals surface area (Å²) in [5.41, 5.74) is 4.06. The van der Waals surface area contributed by atoms with Crippen molar-refractivity contribution in [3.05, 3.63) is 48.4 Å². The van der Waals surface area contributed by atoms with E-state index in [0.29, 0.717) is 23.2 Å². The topological polar surface area (TPSA) is 94.5 Å². The molecule has 0 aliphatic carbocycles. The molecule has 3 rings (SSSR count). The van der Waals surface area contributed by atoms with Crippen LogP contribution >= 0.6 is 11.8 Å². The van der Waals surface area contributed by atoms with Crippen molar-refractivity contribution in [3.63, 3.8) is 0 Å². The second-order valence-electron chi connectivity index (χ2n) is 5.78. The zero-order chi connectivity index (χ0) is 19.9. The van der Waals surface area contributed by atoms with Crippen LogP contribution in [0.5, 0.6) is 5.75 Å². The minimum atomic E-state index is -0.229. The molecule has 9 heteroatoms. The van der Waals surface area contributed by atoms with Crippen LogP contribution < -0.4 is 10.2 Å². The van der Waals surface area contributed by atoms with Crippen LogP contribution in [0, 0.1) is 0 Å². The Morgan fingerprint density at radius 1 is 1.29 bits per heavy atom. The van der Waals surface area contributed by atoms with Crippen LogP contribution in [-0.4, -0.2) is 39.2 Å². The van der Waals surface area contributed by atoms with Crippen molar-refractivity contribution < 1.29 is 13.9 Å². The lowest BCUT2D eigenvalue weighted by molar-refractivity contribution is -0.118. The summed E-state index contributed by atoms with van der Waals surface area (Å²) in [5, 5.41) is 13.2. The number of furan rings is 1. The monoisotopic (exact) mass is 399 g/mol. The number of carbonyl (C=O) groups excluding carboxylic acids is 1. The second-order valence-corrected chi connectivity index (χ2v) is 6.72. The number of carbonyl (C=O) groups is 1. The highest BCUT2D eigenvalue weighted by atomic mass is 32.2. The van der Waals surface area contributed by atoms with E-state index in [1.807, 2.05) is 35.8 Å². The second kappa shape index (κ2) is 9.23. The van der Waals surface area contributed by atoms with Crippen LogP contribution in [0.3, 0.4) is 0 Å². The van der Waals surface area contributed by atoms with Crippen molar-refractivity contribution in [2.75, 3.05) is 12.9 Å². The maximum atomic E-state index is 12.1. The molecular formula is C19H21N5O3S. The number of ether oxygens (including phenoxy) is 1. The first-order chi connectivity index (χ1) is 13.6. The van der Waals surface area contributed by atoms with Gasteiger partial charge in [-0.15, -0.1) is 10.2 Å². The van der Waals surface area contributed by atoms with E-state index >= 15 is 0 Å². The number of nitrogens with one attached hydrogen (secondary N) is 1. The summed E-state index contributed by atoms with van der Waals surface area (Å²) in [4.78, 5) is 12.1. The number of thioether (sulfide) groups is 1. The molecule has 2 aromatic heterocycles. The third kappa shape index (κ3) is 4.61. The molecule has 0 fully saturated rings. The summed E-state index contributed by atoms with van der Waals surface area (Å²) < 4.78 is 12.4. The van der Waals surface area contributed by atoms with Crippen LogP contribution in [0.2, 0.25) is 0 Å². The van der Waals surface area contributed by atoms with E-state index in [1.54, 1.807) is 32.4 Å². The predicted octanol–water partition coefficient (Wildman–Crippen LogP) is 3.20. The van der Waals surface area contributed by atoms with Gasteiger partial charge in [-0.1, -0.05) is 11.8 Å². The van der Waals surface area contributed by atoms with E-state index in [4.69, 9.17) is 9.15 Å². The first-order valence-corrected chi connectivity index (χ1v) is 9.68. The minimum absolute atomic E-state index is 0.176. The van der Waals surface area contributed by atoms with Gasteiger partial charge in [-0.3, -0.25) is 4.79 Å². The quantitative estimate of drug-likeness (QED) is 0.355. The van der Waals surface area contributed by atoms with Crippen LogP contribution in [0.1, 0.15) is 19.6 Å². The van der Waals surface area contributed by atoms with Gasteiger partial charge < -0.3 is 13.7 Å². The summed E-state index contributed by atoms with van der Waals surface area (Å²) in [5.74, 6) is 2.09. The molecule has 3 aromatic rings. The number of hydrazone groups is 1. The predicted molar refractivity (Wildman–Crippen MR) is 107 cm³/mol. The molecule has 0 saturated heterocycles. The molecule has 1 amide bonds.